The average molecular weight is 304 g/mol. The number of carbonyl (C=O) groups is 1. The molecule has 5 heteroatoms. The maximum absolute atomic E-state index is 11.0. The summed E-state index contributed by atoms with van der Waals surface area (Å²) in [6, 6.07) is 7.42. The molecule has 0 bridgehead atoms. The van der Waals surface area contributed by atoms with Crippen molar-refractivity contribution in [2.75, 3.05) is 31.1 Å². The zero-order chi connectivity index (χ0) is 15.5. The van der Waals surface area contributed by atoms with E-state index in [0.717, 1.165) is 31.8 Å². The summed E-state index contributed by atoms with van der Waals surface area (Å²) >= 11 is 0. The van der Waals surface area contributed by atoms with Crippen LogP contribution in [0.4, 0.5) is 10.5 Å². The van der Waals surface area contributed by atoms with Crippen LogP contribution in [0.3, 0.4) is 0 Å². The number of likely N-dealkylation sites (tertiary alicyclic amines) is 1. The highest BCUT2D eigenvalue weighted by Gasteiger charge is 2.30. The van der Waals surface area contributed by atoms with Gasteiger partial charge in [0.25, 0.3) is 0 Å². The summed E-state index contributed by atoms with van der Waals surface area (Å²) in [6.45, 7) is 3.49. The van der Waals surface area contributed by atoms with Crippen molar-refractivity contribution in [3.63, 3.8) is 0 Å². The molecule has 3 rings (SSSR count). The first-order valence-electron chi connectivity index (χ1n) is 8.15. The van der Waals surface area contributed by atoms with E-state index in [-0.39, 0.29) is 0 Å². The lowest BCUT2D eigenvalue weighted by Crippen LogP contribution is -2.42. The molecule has 1 aromatic rings. The third kappa shape index (κ3) is 3.29. The van der Waals surface area contributed by atoms with Gasteiger partial charge in [0.1, 0.15) is 5.75 Å². The van der Waals surface area contributed by atoms with Crippen LogP contribution < -0.4 is 4.90 Å². The topological polar surface area (TPSA) is 64.0 Å². The molecular formula is C17H24N2O3. The fourth-order valence-electron chi connectivity index (χ4n) is 3.85. The minimum absolute atomic E-state index is 0.309. The third-order valence-corrected chi connectivity index (χ3v) is 5.23. The molecular weight excluding hydrogens is 280 g/mol. The van der Waals surface area contributed by atoms with E-state index in [1.807, 2.05) is 12.1 Å². The van der Waals surface area contributed by atoms with Crippen LogP contribution in [0.5, 0.6) is 5.75 Å². The molecule has 1 aromatic carbocycles. The molecule has 5 nitrogen and oxygen atoms in total. The molecule has 2 fully saturated rings. The van der Waals surface area contributed by atoms with E-state index in [9.17, 15) is 9.90 Å². The normalized spacial score (nSPS) is 21.1. The molecule has 0 aromatic heterocycles. The van der Waals surface area contributed by atoms with Crippen LogP contribution in [-0.2, 0) is 0 Å². The maximum atomic E-state index is 11.0. The smallest absolute Gasteiger partial charge is 0.407 e. The quantitative estimate of drug-likeness (QED) is 0.881. The molecule has 2 aliphatic rings. The highest BCUT2D eigenvalue weighted by Crippen LogP contribution is 2.34. The van der Waals surface area contributed by atoms with Crippen molar-refractivity contribution < 1.29 is 15.0 Å². The zero-order valence-corrected chi connectivity index (χ0v) is 12.8. The Bertz CT molecular complexity index is 501. The van der Waals surface area contributed by atoms with Crippen LogP contribution in [0.25, 0.3) is 0 Å². The van der Waals surface area contributed by atoms with Gasteiger partial charge in [0.15, 0.2) is 0 Å². The summed E-state index contributed by atoms with van der Waals surface area (Å²) < 4.78 is 0. The number of phenolic OH excluding ortho intramolecular Hbond substituents is 1. The second kappa shape index (κ2) is 6.46. The number of hydrogen-bond acceptors (Lipinski definition) is 3. The van der Waals surface area contributed by atoms with Crippen LogP contribution >= 0.6 is 0 Å². The molecule has 2 heterocycles. The van der Waals surface area contributed by atoms with Gasteiger partial charge in [-0.2, -0.15) is 0 Å². The SMILES string of the molecule is O=C(O)N1CCC(C2CCN(c3ccc(O)cc3)CC2)CC1. The molecule has 0 atom stereocenters. The van der Waals surface area contributed by atoms with Crippen molar-refractivity contribution >= 4 is 11.8 Å². The minimum Gasteiger partial charge on any atom is -0.508 e. The third-order valence-electron chi connectivity index (χ3n) is 5.23. The van der Waals surface area contributed by atoms with Crippen molar-refractivity contribution in [1.29, 1.82) is 0 Å². The molecule has 120 valence electrons. The Balaban J connectivity index is 1.50. The molecule has 0 unspecified atom stereocenters. The van der Waals surface area contributed by atoms with Gasteiger partial charge in [0.05, 0.1) is 0 Å². The van der Waals surface area contributed by atoms with Gasteiger partial charge in [0.2, 0.25) is 0 Å². The van der Waals surface area contributed by atoms with Crippen molar-refractivity contribution in [2.45, 2.75) is 25.7 Å². The number of amides is 1. The first kappa shape index (κ1) is 15.0. The predicted octanol–water partition coefficient (Wildman–Crippen LogP) is 3.00. The zero-order valence-electron chi connectivity index (χ0n) is 12.8. The largest absolute Gasteiger partial charge is 0.508 e. The fourth-order valence-corrected chi connectivity index (χ4v) is 3.85. The Morgan fingerprint density at radius 2 is 1.41 bits per heavy atom. The Kier molecular flexibility index (Phi) is 4.41. The lowest BCUT2D eigenvalue weighted by molar-refractivity contribution is 0.107. The molecule has 2 N–H and O–H groups in total. The number of phenols is 1. The number of hydrogen-bond donors (Lipinski definition) is 2. The van der Waals surface area contributed by atoms with Gasteiger partial charge < -0.3 is 20.0 Å². The van der Waals surface area contributed by atoms with Gasteiger partial charge in [-0.1, -0.05) is 0 Å². The van der Waals surface area contributed by atoms with Gasteiger partial charge in [-0.15, -0.1) is 0 Å². The van der Waals surface area contributed by atoms with Crippen molar-refractivity contribution in [3.8, 4) is 5.75 Å². The van der Waals surface area contributed by atoms with Gasteiger partial charge >= 0.3 is 6.09 Å². The predicted molar refractivity (Wildman–Crippen MR) is 85.4 cm³/mol. The monoisotopic (exact) mass is 304 g/mol. The lowest BCUT2D eigenvalue weighted by Gasteiger charge is -2.40. The minimum atomic E-state index is -0.777. The second-order valence-electron chi connectivity index (χ2n) is 6.45. The van der Waals surface area contributed by atoms with Crippen LogP contribution in [0.2, 0.25) is 0 Å². The van der Waals surface area contributed by atoms with Gasteiger partial charge in [-0.3, -0.25) is 0 Å². The highest BCUT2D eigenvalue weighted by molar-refractivity contribution is 5.65. The molecule has 2 saturated heterocycles. The molecule has 1 amide bonds. The molecule has 0 saturated carbocycles. The molecule has 0 spiro atoms. The Morgan fingerprint density at radius 1 is 0.909 bits per heavy atom. The second-order valence-corrected chi connectivity index (χ2v) is 6.45. The number of aromatic hydroxyl groups is 1. The molecule has 2 aliphatic heterocycles. The van der Waals surface area contributed by atoms with Crippen molar-refractivity contribution in [3.05, 3.63) is 24.3 Å². The van der Waals surface area contributed by atoms with Crippen LogP contribution in [0, 0.1) is 11.8 Å². The summed E-state index contributed by atoms with van der Waals surface area (Å²) in [5, 5.41) is 18.4. The van der Waals surface area contributed by atoms with Gasteiger partial charge in [0, 0.05) is 31.9 Å². The lowest BCUT2D eigenvalue weighted by atomic mass is 9.79. The summed E-state index contributed by atoms with van der Waals surface area (Å²) in [5.41, 5.74) is 1.18. The first-order valence-corrected chi connectivity index (χ1v) is 8.15. The number of benzene rings is 1. The van der Waals surface area contributed by atoms with E-state index in [4.69, 9.17) is 5.11 Å². The van der Waals surface area contributed by atoms with E-state index < -0.39 is 6.09 Å². The summed E-state index contributed by atoms with van der Waals surface area (Å²) in [4.78, 5) is 14.9. The van der Waals surface area contributed by atoms with E-state index in [1.165, 1.54) is 18.5 Å². The van der Waals surface area contributed by atoms with Crippen LogP contribution in [0.1, 0.15) is 25.7 Å². The number of piperidine rings is 2. The van der Waals surface area contributed by atoms with E-state index in [2.05, 4.69) is 4.90 Å². The molecule has 0 aliphatic carbocycles. The Morgan fingerprint density at radius 3 is 1.91 bits per heavy atom. The number of rotatable bonds is 2. The first-order chi connectivity index (χ1) is 10.6. The summed E-state index contributed by atoms with van der Waals surface area (Å²) in [5.74, 6) is 1.71. The standard InChI is InChI=1S/C17H24N2O3/c20-16-3-1-15(2-4-16)18-9-5-13(6-10-18)14-7-11-19(12-8-14)17(21)22/h1-4,13-14,20H,5-12H2,(H,21,22). The van der Waals surface area contributed by atoms with Gasteiger partial charge in [-0.05, 0) is 61.8 Å². The van der Waals surface area contributed by atoms with Crippen LogP contribution in [0.15, 0.2) is 24.3 Å². The molecule has 0 radical (unpaired) electrons. The maximum Gasteiger partial charge on any atom is 0.407 e. The number of anilines is 1. The summed E-state index contributed by atoms with van der Waals surface area (Å²) in [7, 11) is 0. The number of carboxylic acid groups (broad SMARTS) is 1. The average Bonchev–Trinajstić information content (AvgIpc) is 2.56. The highest BCUT2D eigenvalue weighted by atomic mass is 16.4. The van der Waals surface area contributed by atoms with E-state index >= 15 is 0 Å². The van der Waals surface area contributed by atoms with E-state index in [1.54, 1.807) is 17.0 Å². The van der Waals surface area contributed by atoms with Crippen LogP contribution in [-0.4, -0.2) is 47.4 Å². The molecule has 22 heavy (non-hydrogen) atoms. The summed E-state index contributed by atoms with van der Waals surface area (Å²) in [6.07, 6.45) is 3.60. The number of nitrogens with zero attached hydrogens (tertiary/aromatic N) is 2. The Hall–Kier alpha value is -1.91. The fraction of sp³-hybridized carbons (Fsp3) is 0.588. The van der Waals surface area contributed by atoms with Crippen molar-refractivity contribution in [2.24, 2.45) is 11.8 Å². The van der Waals surface area contributed by atoms with Crippen molar-refractivity contribution in [1.82, 2.24) is 4.90 Å². The van der Waals surface area contributed by atoms with Gasteiger partial charge in [-0.25, -0.2) is 4.79 Å². The van der Waals surface area contributed by atoms with E-state index in [0.29, 0.717) is 24.8 Å². The Labute approximate surface area is 131 Å².